The van der Waals surface area contributed by atoms with Gasteiger partial charge in [0, 0.05) is 37.4 Å². The minimum atomic E-state index is -1.11. The van der Waals surface area contributed by atoms with E-state index in [4.69, 9.17) is 16.3 Å². The summed E-state index contributed by atoms with van der Waals surface area (Å²) in [5.41, 5.74) is -1.28. The number of carbonyl (C=O) groups is 1. The first-order chi connectivity index (χ1) is 21.3. The molecule has 45 heavy (non-hydrogen) atoms. The van der Waals surface area contributed by atoms with Crippen LogP contribution in [0, 0.1) is 11.6 Å². The Hall–Kier alpha value is -4.56. The number of aromatic nitrogens is 4. The minimum Gasteiger partial charge on any atom is -0.504 e. The molecule has 1 aliphatic heterocycles. The quantitative estimate of drug-likeness (QED) is 0.261. The van der Waals surface area contributed by atoms with E-state index in [0.717, 1.165) is 16.7 Å². The second-order valence-corrected chi connectivity index (χ2v) is 11.5. The molecule has 3 aromatic heterocycles. The van der Waals surface area contributed by atoms with Crippen LogP contribution >= 0.6 is 11.6 Å². The highest BCUT2D eigenvalue weighted by Crippen LogP contribution is 2.41. The standard InChI is InChI=1S/C30H31ClF2N6O6/c1-14(2)23-25(21(7-8-34-23)45-10-9-40)39-28-17(11-18(31)24(35-28)22-19(32)5-6-20(33)26(22)41)27(36-29(39)42)37-12-16(4)38(30(43)44)13-15(37)3/h5-8,11,14-16,40-41H,9-10,12-13H2,1-4H3,(H,43,44). The number of phenolic OH excluding ortho intramolecular Hbond substituents is 1. The predicted molar refractivity (Wildman–Crippen MR) is 163 cm³/mol. The van der Waals surface area contributed by atoms with Crippen molar-refractivity contribution in [3.63, 3.8) is 0 Å². The van der Waals surface area contributed by atoms with Crippen molar-refractivity contribution in [1.29, 1.82) is 0 Å². The molecule has 4 aromatic rings. The first-order valence-electron chi connectivity index (χ1n) is 14.1. The van der Waals surface area contributed by atoms with Crippen LogP contribution in [0.4, 0.5) is 19.4 Å². The van der Waals surface area contributed by atoms with E-state index in [0.29, 0.717) is 5.69 Å². The molecule has 2 atom stereocenters. The zero-order valence-electron chi connectivity index (χ0n) is 24.8. The van der Waals surface area contributed by atoms with Crippen LogP contribution in [0.1, 0.15) is 39.3 Å². The van der Waals surface area contributed by atoms with Crippen molar-refractivity contribution in [2.24, 2.45) is 0 Å². The average molecular weight is 645 g/mol. The van der Waals surface area contributed by atoms with Crippen molar-refractivity contribution < 1.29 is 33.6 Å². The van der Waals surface area contributed by atoms with Gasteiger partial charge in [-0.2, -0.15) is 4.98 Å². The number of rotatable bonds is 7. The molecule has 0 saturated carbocycles. The molecular formula is C30H31ClF2N6O6. The van der Waals surface area contributed by atoms with Crippen molar-refractivity contribution in [3.8, 4) is 28.4 Å². The highest BCUT2D eigenvalue weighted by Gasteiger charge is 2.35. The van der Waals surface area contributed by atoms with Crippen LogP contribution in [0.5, 0.6) is 11.5 Å². The van der Waals surface area contributed by atoms with Crippen LogP contribution in [-0.4, -0.2) is 84.2 Å². The van der Waals surface area contributed by atoms with Gasteiger partial charge >= 0.3 is 11.8 Å². The van der Waals surface area contributed by atoms with Crippen molar-refractivity contribution in [2.45, 2.75) is 45.7 Å². The van der Waals surface area contributed by atoms with E-state index in [1.807, 2.05) is 13.8 Å². The molecule has 0 spiro atoms. The molecule has 15 heteroatoms. The second kappa shape index (κ2) is 12.4. The molecule has 1 aliphatic rings. The third kappa shape index (κ3) is 5.71. The topological polar surface area (TPSA) is 154 Å². The number of phenols is 1. The third-order valence-corrected chi connectivity index (χ3v) is 7.94. The molecule has 0 aliphatic carbocycles. The Kier molecular flexibility index (Phi) is 8.81. The fourth-order valence-electron chi connectivity index (χ4n) is 5.53. The summed E-state index contributed by atoms with van der Waals surface area (Å²) < 4.78 is 36.5. The minimum absolute atomic E-state index is 0.0864. The fourth-order valence-corrected chi connectivity index (χ4v) is 5.77. The van der Waals surface area contributed by atoms with E-state index in [2.05, 4.69) is 15.0 Å². The molecular weight excluding hydrogens is 614 g/mol. The zero-order chi connectivity index (χ0) is 32.7. The lowest BCUT2D eigenvalue weighted by molar-refractivity contribution is 0.114. The van der Waals surface area contributed by atoms with Crippen LogP contribution in [-0.2, 0) is 0 Å². The van der Waals surface area contributed by atoms with E-state index >= 15 is 4.39 Å². The monoisotopic (exact) mass is 644 g/mol. The van der Waals surface area contributed by atoms with Gasteiger partial charge in [0.25, 0.3) is 0 Å². The molecule has 0 radical (unpaired) electrons. The van der Waals surface area contributed by atoms with Gasteiger partial charge in [0.1, 0.15) is 29.7 Å². The van der Waals surface area contributed by atoms with Gasteiger partial charge in [0.2, 0.25) is 0 Å². The second-order valence-electron chi connectivity index (χ2n) is 11.1. The fraction of sp³-hybridized carbons (Fsp3) is 0.367. The average Bonchev–Trinajstić information content (AvgIpc) is 2.99. The number of anilines is 1. The van der Waals surface area contributed by atoms with Gasteiger partial charge in [-0.15, -0.1) is 0 Å². The highest BCUT2D eigenvalue weighted by molar-refractivity contribution is 6.34. The Morgan fingerprint density at radius 3 is 2.51 bits per heavy atom. The lowest BCUT2D eigenvalue weighted by atomic mass is 10.1. The molecule has 4 heterocycles. The largest absolute Gasteiger partial charge is 0.504 e. The summed E-state index contributed by atoms with van der Waals surface area (Å²) in [7, 11) is 0. The molecule has 1 amide bonds. The van der Waals surface area contributed by atoms with E-state index in [-0.39, 0.29) is 71.2 Å². The van der Waals surface area contributed by atoms with Crippen LogP contribution < -0.4 is 15.3 Å². The smallest absolute Gasteiger partial charge is 0.407 e. The van der Waals surface area contributed by atoms with Crippen LogP contribution in [0.3, 0.4) is 0 Å². The number of halogens is 3. The van der Waals surface area contributed by atoms with Gasteiger partial charge < -0.3 is 29.9 Å². The molecule has 238 valence electrons. The number of aromatic hydroxyl groups is 1. The van der Waals surface area contributed by atoms with Gasteiger partial charge in [0.05, 0.1) is 34.0 Å². The van der Waals surface area contributed by atoms with Crippen LogP contribution in [0.25, 0.3) is 28.0 Å². The van der Waals surface area contributed by atoms with E-state index in [9.17, 15) is 29.3 Å². The van der Waals surface area contributed by atoms with Gasteiger partial charge in [-0.25, -0.2) is 27.9 Å². The summed E-state index contributed by atoms with van der Waals surface area (Å²) in [5, 5.41) is 29.7. The molecule has 3 N–H and O–H groups in total. The molecule has 1 aromatic carbocycles. The Morgan fingerprint density at radius 2 is 1.84 bits per heavy atom. The summed E-state index contributed by atoms with van der Waals surface area (Å²) in [4.78, 5) is 42.4. The van der Waals surface area contributed by atoms with Crippen LogP contribution in [0.15, 0.2) is 35.3 Å². The number of benzene rings is 1. The number of aliphatic hydroxyl groups is 1. The van der Waals surface area contributed by atoms with E-state index < -0.39 is 46.8 Å². The maximum Gasteiger partial charge on any atom is 0.407 e. The Bertz CT molecular complexity index is 1850. The maximum absolute atomic E-state index is 15.1. The van der Waals surface area contributed by atoms with Gasteiger partial charge in [-0.3, -0.25) is 4.98 Å². The molecule has 2 unspecified atom stereocenters. The van der Waals surface area contributed by atoms with Gasteiger partial charge in [0.15, 0.2) is 17.2 Å². The maximum atomic E-state index is 15.1. The summed E-state index contributed by atoms with van der Waals surface area (Å²) in [6.45, 7) is 7.06. The first-order valence-corrected chi connectivity index (χ1v) is 14.5. The number of aliphatic hydroxyl groups excluding tert-OH is 1. The van der Waals surface area contributed by atoms with Crippen molar-refractivity contribution in [2.75, 3.05) is 31.2 Å². The number of pyridine rings is 2. The summed E-state index contributed by atoms with van der Waals surface area (Å²) in [6.07, 6.45) is 0.406. The number of ether oxygens (including phenoxy) is 1. The third-order valence-electron chi connectivity index (χ3n) is 7.65. The first kappa shape index (κ1) is 31.9. The highest BCUT2D eigenvalue weighted by atomic mass is 35.5. The SMILES string of the molecule is CC(C)c1nccc(OCCO)c1-n1c(=O)nc(N2CC(C)N(C(=O)O)CC2C)c2cc(Cl)c(-c3c(F)ccc(F)c3O)nc21. The molecule has 1 saturated heterocycles. The zero-order valence-corrected chi connectivity index (χ0v) is 25.6. The van der Waals surface area contributed by atoms with Crippen molar-refractivity contribution in [3.05, 3.63) is 63.3 Å². The molecule has 1 fully saturated rings. The number of carboxylic acid groups (broad SMARTS) is 1. The molecule has 12 nitrogen and oxygen atoms in total. The number of nitrogens with zero attached hydrogens (tertiary/aromatic N) is 6. The predicted octanol–water partition coefficient (Wildman–Crippen LogP) is 4.55. The molecule has 5 rings (SSSR count). The van der Waals surface area contributed by atoms with E-state index in [1.165, 1.54) is 23.2 Å². The summed E-state index contributed by atoms with van der Waals surface area (Å²) >= 11 is 6.65. The van der Waals surface area contributed by atoms with Gasteiger partial charge in [-0.05, 0) is 38.0 Å². The van der Waals surface area contributed by atoms with Gasteiger partial charge in [-0.1, -0.05) is 25.4 Å². The number of piperazine rings is 1. The number of hydrogen-bond donors (Lipinski definition) is 3. The van der Waals surface area contributed by atoms with Crippen molar-refractivity contribution in [1.82, 2.24) is 24.4 Å². The summed E-state index contributed by atoms with van der Waals surface area (Å²) in [5.74, 6) is -3.06. The number of amides is 1. The lowest BCUT2D eigenvalue weighted by Gasteiger charge is -2.43. The number of hydrogen-bond acceptors (Lipinski definition) is 9. The normalized spacial score (nSPS) is 16.9. The summed E-state index contributed by atoms with van der Waals surface area (Å²) in [6, 6.07) is 3.58. The Balaban J connectivity index is 1.89. The lowest BCUT2D eigenvalue weighted by Crippen LogP contribution is -2.58. The Morgan fingerprint density at radius 1 is 1.13 bits per heavy atom. The van der Waals surface area contributed by atoms with Crippen molar-refractivity contribution >= 4 is 34.5 Å². The number of fused-ring (bicyclic) bond motifs is 1. The Labute approximate surface area is 261 Å². The van der Waals surface area contributed by atoms with E-state index in [1.54, 1.807) is 18.7 Å². The van der Waals surface area contributed by atoms with Crippen LogP contribution in [0.2, 0.25) is 5.02 Å². The molecule has 0 bridgehead atoms.